The van der Waals surface area contributed by atoms with Gasteiger partial charge in [-0.05, 0) is 74.5 Å². The monoisotopic (exact) mass is 428 g/mol. The average Bonchev–Trinajstić information content (AvgIpc) is 3.32. The number of esters is 1. The first-order valence-electron chi connectivity index (χ1n) is 12.4. The molecule has 5 heteroatoms. The number of fused-ring (bicyclic) bond motifs is 2. The molecule has 0 aliphatic heterocycles. The molecule has 0 radical (unpaired) electrons. The zero-order chi connectivity index (χ0) is 22.2. The van der Waals surface area contributed by atoms with Gasteiger partial charge in [-0.3, -0.25) is 9.59 Å². The van der Waals surface area contributed by atoms with Crippen LogP contribution in [-0.2, 0) is 19.1 Å². The highest BCUT2D eigenvalue weighted by Gasteiger charge is 2.87. The number of aldehydes is 1. The summed E-state index contributed by atoms with van der Waals surface area (Å²) in [5.41, 5.74) is -2.81. The predicted molar refractivity (Wildman–Crippen MR) is 115 cm³/mol. The Labute approximate surface area is 185 Å². The van der Waals surface area contributed by atoms with Gasteiger partial charge >= 0.3 is 11.9 Å². The smallest absolute Gasteiger partial charge is 0.316 e. The maximum Gasteiger partial charge on any atom is 0.316 e. The topological polar surface area (TPSA) is 80.7 Å². The number of carbonyl (C=O) groups excluding carboxylic acids is 2. The summed E-state index contributed by atoms with van der Waals surface area (Å²) >= 11 is 0. The first-order valence-corrected chi connectivity index (χ1v) is 12.4. The van der Waals surface area contributed by atoms with Crippen LogP contribution in [0.2, 0.25) is 0 Å². The van der Waals surface area contributed by atoms with Crippen molar-refractivity contribution in [3.05, 3.63) is 11.6 Å². The number of allylic oxidation sites excluding steroid dienone is 1. The summed E-state index contributed by atoms with van der Waals surface area (Å²) in [5, 5.41) is 10.9. The van der Waals surface area contributed by atoms with Gasteiger partial charge in [0.05, 0.1) is 10.8 Å². The lowest BCUT2D eigenvalue weighted by Gasteiger charge is -2.57. The Kier molecular flexibility index (Phi) is 4.74. The minimum Gasteiger partial charge on any atom is -0.481 e. The van der Waals surface area contributed by atoms with Gasteiger partial charge in [-0.15, -0.1) is 0 Å². The molecule has 5 nitrogen and oxygen atoms in total. The van der Waals surface area contributed by atoms with Crippen molar-refractivity contribution >= 4 is 18.2 Å². The fourth-order valence-electron chi connectivity index (χ4n) is 9.00. The summed E-state index contributed by atoms with van der Waals surface area (Å²) in [6.45, 7) is 6.21. The molecule has 0 aromatic carbocycles. The van der Waals surface area contributed by atoms with Crippen LogP contribution in [0, 0.1) is 45.8 Å². The summed E-state index contributed by atoms with van der Waals surface area (Å²) in [6, 6.07) is 0. The van der Waals surface area contributed by atoms with Gasteiger partial charge in [0, 0.05) is 0 Å². The summed E-state index contributed by atoms with van der Waals surface area (Å²) in [7, 11) is 0. The van der Waals surface area contributed by atoms with Crippen LogP contribution in [0.25, 0.3) is 0 Å². The van der Waals surface area contributed by atoms with E-state index in [0.717, 1.165) is 56.8 Å². The molecule has 4 fully saturated rings. The summed E-state index contributed by atoms with van der Waals surface area (Å²) in [6.07, 6.45) is 10.8. The quantitative estimate of drug-likeness (QED) is 0.387. The molecule has 7 atom stereocenters. The Morgan fingerprint density at radius 3 is 2.45 bits per heavy atom. The van der Waals surface area contributed by atoms with E-state index < -0.39 is 22.2 Å². The van der Waals surface area contributed by atoms with E-state index in [4.69, 9.17) is 4.74 Å². The lowest BCUT2D eigenvalue weighted by atomic mass is 9.42. The predicted octanol–water partition coefficient (Wildman–Crippen LogP) is 4.79. The van der Waals surface area contributed by atoms with Crippen LogP contribution in [0.15, 0.2) is 11.6 Å². The molecule has 5 aliphatic rings. The van der Waals surface area contributed by atoms with E-state index in [0.29, 0.717) is 18.8 Å². The second-order valence-corrected chi connectivity index (χ2v) is 11.5. The van der Waals surface area contributed by atoms with Gasteiger partial charge in [0.15, 0.2) is 0 Å². The number of hydrogen-bond acceptors (Lipinski definition) is 4. The fourth-order valence-corrected chi connectivity index (χ4v) is 9.00. The van der Waals surface area contributed by atoms with E-state index in [-0.39, 0.29) is 35.7 Å². The molecule has 5 rings (SSSR count). The first kappa shape index (κ1) is 21.2. The highest BCUT2D eigenvalue weighted by Crippen LogP contribution is 2.82. The largest absolute Gasteiger partial charge is 0.481 e. The van der Waals surface area contributed by atoms with Crippen molar-refractivity contribution < 1.29 is 24.2 Å². The van der Waals surface area contributed by atoms with Crippen LogP contribution in [0.5, 0.6) is 0 Å². The van der Waals surface area contributed by atoms with Gasteiger partial charge in [-0.25, -0.2) is 0 Å². The van der Waals surface area contributed by atoms with Crippen LogP contribution in [0.4, 0.5) is 0 Å². The number of rotatable bonds is 5. The molecule has 170 valence electrons. The summed E-state index contributed by atoms with van der Waals surface area (Å²) in [4.78, 5) is 40.4. The van der Waals surface area contributed by atoms with Crippen molar-refractivity contribution in [2.75, 3.05) is 0 Å². The highest BCUT2D eigenvalue weighted by atomic mass is 16.5. The molecular weight excluding hydrogens is 392 g/mol. The molecule has 1 N–H and O–H groups in total. The van der Waals surface area contributed by atoms with E-state index in [1.54, 1.807) is 0 Å². The van der Waals surface area contributed by atoms with Crippen LogP contribution < -0.4 is 0 Å². The molecule has 0 aromatic heterocycles. The van der Waals surface area contributed by atoms with Crippen LogP contribution >= 0.6 is 0 Å². The number of carbonyl (C=O) groups is 3. The van der Waals surface area contributed by atoms with Crippen LogP contribution in [0.1, 0.15) is 78.6 Å². The molecule has 0 unspecified atom stereocenters. The minimum absolute atomic E-state index is 0.0297. The molecule has 4 bridgehead atoms. The summed E-state index contributed by atoms with van der Waals surface area (Å²) in [5.74, 6) is -0.922. The minimum atomic E-state index is -1.46. The van der Waals surface area contributed by atoms with Crippen molar-refractivity contribution in [2.24, 2.45) is 45.8 Å². The van der Waals surface area contributed by atoms with Gasteiger partial charge in [0.2, 0.25) is 0 Å². The number of carboxylic acid groups (broad SMARTS) is 1. The zero-order valence-corrected chi connectivity index (χ0v) is 19.1. The molecular formula is C26H36O5. The Morgan fingerprint density at radius 1 is 1.13 bits per heavy atom. The lowest BCUT2D eigenvalue weighted by molar-refractivity contribution is -0.198. The standard InChI is InChI=1S/C26H36O5/c1-15(2)21-11-17-12-24(14-27)20-10-9-16(3)19(20)13-25(17,26(21,24)22(28)29)23(30)31-18-7-5-4-6-8-18/h11,14-20H,4-10,12-13H2,1-3H3,(H,28,29)/t16-,17+,19-,20-,24+,25-,26+/m1/s1. The number of hydrogen-bond donors (Lipinski definition) is 1. The van der Waals surface area contributed by atoms with Crippen molar-refractivity contribution in [1.82, 2.24) is 0 Å². The second-order valence-electron chi connectivity index (χ2n) is 11.5. The second kappa shape index (κ2) is 6.92. The SMILES string of the molecule is CC(C)C1=C[C@H]2C[C@]3(C=O)[C@@H]4CC[C@@H](C)[C@H]4C[C@@]2(C(=O)OC2CCCCC2)[C@]13C(=O)O. The summed E-state index contributed by atoms with van der Waals surface area (Å²) < 4.78 is 6.16. The third kappa shape index (κ3) is 2.31. The number of ether oxygens (including phenoxy) is 1. The van der Waals surface area contributed by atoms with Crippen molar-refractivity contribution in [3.63, 3.8) is 0 Å². The third-order valence-electron chi connectivity index (χ3n) is 10.1. The van der Waals surface area contributed by atoms with Crippen LogP contribution in [0.3, 0.4) is 0 Å². The maximum atomic E-state index is 14.1. The van der Waals surface area contributed by atoms with E-state index in [2.05, 4.69) is 13.0 Å². The molecule has 0 spiro atoms. The first-order chi connectivity index (χ1) is 14.8. The zero-order valence-electron chi connectivity index (χ0n) is 19.1. The van der Waals surface area contributed by atoms with Gasteiger partial charge in [0.25, 0.3) is 0 Å². The molecule has 5 aliphatic carbocycles. The van der Waals surface area contributed by atoms with Crippen LogP contribution in [-0.4, -0.2) is 29.4 Å². The maximum absolute atomic E-state index is 14.1. The molecule has 0 heterocycles. The molecule has 0 aromatic rings. The Bertz CT molecular complexity index is 839. The van der Waals surface area contributed by atoms with Crippen molar-refractivity contribution in [2.45, 2.75) is 84.7 Å². The number of aliphatic carboxylic acids is 1. The van der Waals surface area contributed by atoms with Gasteiger partial charge < -0.3 is 14.6 Å². The van der Waals surface area contributed by atoms with Crippen molar-refractivity contribution in [3.8, 4) is 0 Å². The van der Waals surface area contributed by atoms with E-state index >= 15 is 0 Å². The van der Waals surface area contributed by atoms with Crippen molar-refractivity contribution in [1.29, 1.82) is 0 Å². The van der Waals surface area contributed by atoms with E-state index in [1.165, 1.54) is 0 Å². The lowest BCUT2D eigenvalue weighted by Crippen LogP contribution is -2.65. The fraction of sp³-hybridized carbons (Fsp3) is 0.808. The molecule has 0 amide bonds. The normalized spacial score (nSPS) is 46.0. The third-order valence-corrected chi connectivity index (χ3v) is 10.1. The molecule has 0 saturated heterocycles. The highest BCUT2D eigenvalue weighted by molar-refractivity contribution is 5.98. The Balaban J connectivity index is 1.69. The van der Waals surface area contributed by atoms with Gasteiger partial charge in [-0.2, -0.15) is 0 Å². The van der Waals surface area contributed by atoms with E-state index in [9.17, 15) is 19.5 Å². The van der Waals surface area contributed by atoms with Gasteiger partial charge in [-0.1, -0.05) is 45.3 Å². The average molecular weight is 429 g/mol. The van der Waals surface area contributed by atoms with E-state index in [1.807, 2.05) is 13.8 Å². The Hall–Kier alpha value is -1.65. The molecule has 31 heavy (non-hydrogen) atoms. The number of carboxylic acids is 1. The Morgan fingerprint density at radius 2 is 1.84 bits per heavy atom. The van der Waals surface area contributed by atoms with Gasteiger partial charge in [0.1, 0.15) is 17.8 Å². The molecule has 4 saturated carbocycles.